The van der Waals surface area contributed by atoms with Gasteiger partial charge in [-0.15, -0.1) is 0 Å². The molecule has 1 N–H and O–H groups in total. The summed E-state index contributed by atoms with van der Waals surface area (Å²) in [7, 11) is 0. The Morgan fingerprint density at radius 2 is 1.60 bits per heavy atom. The number of carbonyl (C=O) groups excluding carboxylic acids is 1. The molecule has 1 rings (SSSR count). The van der Waals surface area contributed by atoms with E-state index in [0.29, 0.717) is 0 Å². The zero-order valence-electron chi connectivity index (χ0n) is 11.8. The number of carbonyl (C=O) groups is 1. The average molecular weight is 394 g/mol. The summed E-state index contributed by atoms with van der Waals surface area (Å²) < 4.78 is 140. The topological polar surface area (TPSA) is 55.8 Å². The van der Waals surface area contributed by atoms with Gasteiger partial charge in [0.15, 0.2) is 0 Å². The third kappa shape index (κ3) is 2.74. The lowest BCUT2D eigenvalue weighted by Crippen LogP contribution is -2.84. The number of hydrogen-bond donors (Lipinski definition) is 1. The van der Waals surface area contributed by atoms with E-state index in [0.717, 1.165) is 0 Å². The van der Waals surface area contributed by atoms with E-state index in [4.69, 9.17) is 0 Å². The Morgan fingerprint density at radius 1 is 1.16 bits per heavy atom. The number of esters is 1. The monoisotopic (exact) mass is 394 g/mol. The molecule has 1 aliphatic heterocycles. The number of halogens is 10. The highest BCUT2D eigenvalue weighted by molar-refractivity contribution is 5.82. The second-order valence-corrected chi connectivity index (χ2v) is 5.02. The first kappa shape index (κ1) is 21.5. The van der Waals surface area contributed by atoms with E-state index in [1.165, 1.54) is 0 Å². The second-order valence-electron chi connectivity index (χ2n) is 5.02. The summed E-state index contributed by atoms with van der Waals surface area (Å²) in [6.45, 7) is 2.08. The van der Waals surface area contributed by atoms with Gasteiger partial charge in [-0.2, -0.15) is 43.9 Å². The lowest BCUT2D eigenvalue weighted by atomic mass is 9.77. The van der Waals surface area contributed by atoms with Gasteiger partial charge < -0.3 is 14.6 Å². The molecule has 1 saturated heterocycles. The fourth-order valence-electron chi connectivity index (χ4n) is 2.12. The van der Waals surface area contributed by atoms with Crippen molar-refractivity contribution in [2.45, 2.75) is 48.6 Å². The summed E-state index contributed by atoms with van der Waals surface area (Å²) in [6, 6.07) is 0. The van der Waals surface area contributed by atoms with Crippen LogP contribution in [0.1, 0.15) is 6.92 Å². The third-order valence-electron chi connectivity index (χ3n) is 3.29. The van der Waals surface area contributed by atoms with Crippen LogP contribution in [0.15, 0.2) is 12.7 Å². The van der Waals surface area contributed by atoms with Gasteiger partial charge in [0.05, 0.1) is 0 Å². The molecule has 3 atom stereocenters. The molecular weight excluding hydrogens is 386 g/mol. The summed E-state index contributed by atoms with van der Waals surface area (Å²) in [5.74, 6) is -20.1. The highest BCUT2D eigenvalue weighted by Gasteiger charge is 2.95. The van der Waals surface area contributed by atoms with Crippen LogP contribution in [0.2, 0.25) is 0 Å². The molecule has 0 aromatic carbocycles. The minimum atomic E-state index is -6.96. The Kier molecular flexibility index (Phi) is 4.69. The maximum Gasteiger partial charge on any atom is 0.441 e. The average Bonchev–Trinajstić information content (AvgIpc) is 2.36. The Hall–Kier alpha value is -1.57. The molecule has 0 saturated carbocycles. The molecule has 0 bridgehead atoms. The molecule has 25 heavy (non-hydrogen) atoms. The van der Waals surface area contributed by atoms with Crippen LogP contribution in [-0.2, 0) is 14.3 Å². The number of hydrogen-bond acceptors (Lipinski definition) is 4. The van der Waals surface area contributed by atoms with Crippen LogP contribution in [0.25, 0.3) is 0 Å². The molecule has 4 nitrogen and oxygen atoms in total. The van der Waals surface area contributed by atoms with Crippen molar-refractivity contribution < 1.29 is 63.3 Å². The van der Waals surface area contributed by atoms with Crippen molar-refractivity contribution in [2.24, 2.45) is 0 Å². The predicted molar refractivity (Wildman–Crippen MR) is 56.5 cm³/mol. The molecule has 0 aromatic heterocycles. The fourth-order valence-corrected chi connectivity index (χ4v) is 2.12. The Balaban J connectivity index is 3.93. The Labute approximate surface area is 132 Å². The SMILES string of the molecule is C=CC(=O)OC1(C(F)(F)F)C(F)(F)C(C(F)(F)F)OC(C)(O)C1(F)F. The number of rotatable bonds is 2. The molecule has 0 aromatic rings. The normalized spacial score (nSPS) is 35.1. The van der Waals surface area contributed by atoms with E-state index in [1.54, 1.807) is 0 Å². The van der Waals surface area contributed by atoms with Gasteiger partial charge in [0.1, 0.15) is 0 Å². The first-order chi connectivity index (χ1) is 10.8. The maximum absolute atomic E-state index is 14.1. The molecule has 1 heterocycles. The molecule has 3 unspecified atom stereocenters. The van der Waals surface area contributed by atoms with Crippen LogP contribution in [0.3, 0.4) is 0 Å². The predicted octanol–water partition coefficient (Wildman–Crippen LogP) is 2.96. The van der Waals surface area contributed by atoms with E-state index in [9.17, 15) is 53.8 Å². The molecule has 0 radical (unpaired) electrons. The number of aliphatic hydroxyl groups is 1. The smallest absolute Gasteiger partial charge is 0.433 e. The van der Waals surface area contributed by atoms with Crippen LogP contribution < -0.4 is 0 Å². The van der Waals surface area contributed by atoms with Crippen molar-refractivity contribution in [1.82, 2.24) is 0 Å². The summed E-state index contributed by atoms with van der Waals surface area (Å²) in [5.41, 5.74) is -6.39. The van der Waals surface area contributed by atoms with Crippen molar-refractivity contribution in [3.8, 4) is 0 Å². The quantitative estimate of drug-likeness (QED) is 0.445. The Bertz CT molecular complexity index is 564. The molecule has 1 fully saturated rings. The van der Waals surface area contributed by atoms with Crippen LogP contribution in [0.5, 0.6) is 0 Å². The second kappa shape index (κ2) is 5.46. The molecule has 0 amide bonds. The van der Waals surface area contributed by atoms with E-state index >= 15 is 0 Å². The van der Waals surface area contributed by atoms with Gasteiger partial charge in [-0.05, 0) is 6.92 Å². The minimum absolute atomic E-state index is 0.258. The molecule has 146 valence electrons. The van der Waals surface area contributed by atoms with Crippen molar-refractivity contribution in [2.75, 3.05) is 0 Å². The molecule has 0 aliphatic carbocycles. The lowest BCUT2D eigenvalue weighted by molar-refractivity contribution is -0.517. The first-order valence-electron chi connectivity index (χ1n) is 5.94. The van der Waals surface area contributed by atoms with Crippen molar-refractivity contribution >= 4 is 5.97 Å². The van der Waals surface area contributed by atoms with E-state index < -0.39 is 54.6 Å². The minimum Gasteiger partial charge on any atom is -0.433 e. The lowest BCUT2D eigenvalue weighted by Gasteiger charge is -2.55. The molecular formula is C11H8F10O4. The summed E-state index contributed by atoms with van der Waals surface area (Å²) >= 11 is 0. The van der Waals surface area contributed by atoms with Gasteiger partial charge in [-0.25, -0.2) is 4.79 Å². The van der Waals surface area contributed by atoms with Gasteiger partial charge >= 0.3 is 35.8 Å². The van der Waals surface area contributed by atoms with Crippen LogP contribution in [0.4, 0.5) is 43.9 Å². The van der Waals surface area contributed by atoms with Gasteiger partial charge in [0, 0.05) is 6.08 Å². The highest BCUT2D eigenvalue weighted by atomic mass is 19.4. The van der Waals surface area contributed by atoms with E-state index in [-0.39, 0.29) is 6.08 Å². The Morgan fingerprint density at radius 3 is 1.92 bits per heavy atom. The standard InChI is InChI=1S/C11H8F10O4/c1-3-4(22)24-9(11(19,20)21)7(12,13)5(8(14,15)16)25-6(2,23)10(9,17)18/h3,5,23H,1H2,2H3. The zero-order chi connectivity index (χ0) is 20.3. The van der Waals surface area contributed by atoms with Crippen LogP contribution >= 0.6 is 0 Å². The van der Waals surface area contributed by atoms with Crippen molar-refractivity contribution in [3.05, 3.63) is 12.7 Å². The first-order valence-corrected chi connectivity index (χ1v) is 5.94. The number of alkyl halides is 10. The van der Waals surface area contributed by atoms with Gasteiger partial charge in [-0.1, -0.05) is 6.58 Å². The van der Waals surface area contributed by atoms with Crippen LogP contribution in [0, 0.1) is 0 Å². The van der Waals surface area contributed by atoms with E-state index in [2.05, 4.69) is 16.1 Å². The summed E-state index contributed by atoms with van der Waals surface area (Å²) in [4.78, 5) is 11.0. The van der Waals surface area contributed by atoms with Gasteiger partial charge in [0.25, 0.3) is 0 Å². The van der Waals surface area contributed by atoms with Crippen molar-refractivity contribution in [1.29, 1.82) is 0 Å². The largest absolute Gasteiger partial charge is 0.441 e. The third-order valence-corrected chi connectivity index (χ3v) is 3.29. The highest BCUT2D eigenvalue weighted by Crippen LogP contribution is 2.63. The molecule has 0 spiro atoms. The molecule has 1 aliphatic rings. The zero-order valence-corrected chi connectivity index (χ0v) is 11.8. The van der Waals surface area contributed by atoms with Crippen molar-refractivity contribution in [3.63, 3.8) is 0 Å². The van der Waals surface area contributed by atoms with Gasteiger partial charge in [0.2, 0.25) is 11.9 Å². The number of ether oxygens (including phenoxy) is 2. The fraction of sp³-hybridized carbons (Fsp3) is 0.727. The van der Waals surface area contributed by atoms with Gasteiger partial charge in [-0.3, -0.25) is 0 Å². The summed E-state index contributed by atoms with van der Waals surface area (Å²) in [6.07, 6.45) is -18.4. The molecule has 14 heteroatoms. The van der Waals surface area contributed by atoms with Crippen LogP contribution in [-0.4, -0.2) is 52.8 Å². The van der Waals surface area contributed by atoms with E-state index in [1.807, 2.05) is 0 Å². The summed E-state index contributed by atoms with van der Waals surface area (Å²) in [5, 5.41) is 9.23. The maximum atomic E-state index is 14.1.